The minimum atomic E-state index is -0.131. The van der Waals surface area contributed by atoms with Crippen LogP contribution in [0.2, 0.25) is 0 Å². The van der Waals surface area contributed by atoms with E-state index in [-0.39, 0.29) is 12.0 Å². The Morgan fingerprint density at radius 1 is 1.26 bits per heavy atom. The molecule has 1 aliphatic rings. The molecular formula is C15H22N2O2. The summed E-state index contributed by atoms with van der Waals surface area (Å²) in [6, 6.07) is 8.21. The molecule has 1 aromatic rings. The van der Waals surface area contributed by atoms with E-state index in [0.29, 0.717) is 12.5 Å². The molecular weight excluding hydrogens is 240 g/mol. The van der Waals surface area contributed by atoms with Gasteiger partial charge in [-0.15, -0.1) is 0 Å². The third kappa shape index (κ3) is 4.24. The van der Waals surface area contributed by atoms with Crippen molar-refractivity contribution in [1.82, 2.24) is 0 Å². The minimum Gasteiger partial charge on any atom is -0.393 e. The predicted molar refractivity (Wildman–Crippen MR) is 77.2 cm³/mol. The van der Waals surface area contributed by atoms with Gasteiger partial charge in [-0.3, -0.25) is 4.79 Å². The van der Waals surface area contributed by atoms with Gasteiger partial charge < -0.3 is 15.7 Å². The summed E-state index contributed by atoms with van der Waals surface area (Å²) < 4.78 is 0. The third-order valence-corrected chi connectivity index (χ3v) is 3.53. The molecule has 0 aromatic heterocycles. The van der Waals surface area contributed by atoms with Crippen LogP contribution in [-0.2, 0) is 4.79 Å². The number of hydrogen-bond acceptors (Lipinski definition) is 3. The molecule has 3 N–H and O–H groups in total. The van der Waals surface area contributed by atoms with E-state index in [1.165, 1.54) is 0 Å². The molecule has 4 nitrogen and oxygen atoms in total. The molecule has 1 saturated carbocycles. The monoisotopic (exact) mass is 262 g/mol. The fourth-order valence-electron chi connectivity index (χ4n) is 2.39. The number of nitrogens with one attached hydrogen (secondary N) is 2. The van der Waals surface area contributed by atoms with E-state index in [1.54, 1.807) is 0 Å². The lowest BCUT2D eigenvalue weighted by Gasteiger charge is -2.27. The van der Waals surface area contributed by atoms with Crippen LogP contribution in [-0.4, -0.2) is 23.2 Å². The van der Waals surface area contributed by atoms with Crippen LogP contribution in [0.15, 0.2) is 24.3 Å². The number of anilines is 2. The molecule has 0 radical (unpaired) electrons. The number of aliphatic hydroxyl groups is 1. The number of benzene rings is 1. The molecule has 0 unspecified atom stereocenters. The summed E-state index contributed by atoms with van der Waals surface area (Å²) in [4.78, 5) is 11.4. The zero-order chi connectivity index (χ0) is 13.7. The molecule has 0 saturated heterocycles. The number of amides is 1. The first-order valence-electron chi connectivity index (χ1n) is 7.02. The first-order chi connectivity index (χ1) is 9.17. The summed E-state index contributed by atoms with van der Waals surface area (Å²) in [5.74, 6) is 0.0259. The number of carbonyl (C=O) groups is 1. The van der Waals surface area contributed by atoms with Crippen molar-refractivity contribution in [3.05, 3.63) is 24.3 Å². The minimum absolute atomic E-state index is 0.0259. The zero-order valence-electron chi connectivity index (χ0n) is 11.4. The van der Waals surface area contributed by atoms with Crippen LogP contribution in [0, 0.1) is 0 Å². The third-order valence-electron chi connectivity index (χ3n) is 3.53. The highest BCUT2D eigenvalue weighted by atomic mass is 16.3. The average molecular weight is 262 g/mol. The van der Waals surface area contributed by atoms with E-state index in [2.05, 4.69) is 10.6 Å². The van der Waals surface area contributed by atoms with Crippen LogP contribution in [0.3, 0.4) is 0 Å². The van der Waals surface area contributed by atoms with Gasteiger partial charge in [0.15, 0.2) is 0 Å². The van der Waals surface area contributed by atoms with Crippen LogP contribution < -0.4 is 10.6 Å². The Kier molecular flexibility index (Phi) is 4.80. The van der Waals surface area contributed by atoms with Gasteiger partial charge in [0.05, 0.1) is 6.10 Å². The molecule has 1 aliphatic carbocycles. The number of aliphatic hydroxyl groups excluding tert-OH is 1. The molecule has 19 heavy (non-hydrogen) atoms. The Bertz CT molecular complexity index is 426. The summed E-state index contributed by atoms with van der Waals surface area (Å²) in [5.41, 5.74) is 1.85. The lowest BCUT2D eigenvalue weighted by atomic mass is 9.93. The summed E-state index contributed by atoms with van der Waals surface area (Å²) in [5, 5.41) is 15.8. The highest BCUT2D eigenvalue weighted by Gasteiger charge is 2.18. The van der Waals surface area contributed by atoms with Crippen LogP contribution in [0.25, 0.3) is 0 Å². The van der Waals surface area contributed by atoms with Gasteiger partial charge in [-0.2, -0.15) is 0 Å². The lowest BCUT2D eigenvalue weighted by Crippen LogP contribution is -2.28. The number of hydrogen-bond donors (Lipinski definition) is 3. The molecule has 0 aliphatic heterocycles. The smallest absolute Gasteiger partial charge is 0.224 e. The van der Waals surface area contributed by atoms with Gasteiger partial charge in [-0.1, -0.05) is 13.0 Å². The second-order valence-electron chi connectivity index (χ2n) is 5.13. The summed E-state index contributed by atoms with van der Waals surface area (Å²) in [6.07, 6.45) is 4.07. The van der Waals surface area contributed by atoms with E-state index in [0.717, 1.165) is 37.1 Å². The van der Waals surface area contributed by atoms with E-state index in [9.17, 15) is 9.90 Å². The lowest BCUT2D eigenvalue weighted by molar-refractivity contribution is -0.115. The number of rotatable bonds is 4. The molecule has 1 fully saturated rings. The van der Waals surface area contributed by atoms with Crippen molar-refractivity contribution < 1.29 is 9.90 Å². The molecule has 0 bridgehead atoms. The standard InChI is InChI=1S/C15H22N2O2/c1-2-15(19)17-13-5-3-4-12(10-13)16-11-6-8-14(18)9-7-11/h3-5,10-11,14,16,18H,2,6-9H2,1H3,(H,17,19). The van der Waals surface area contributed by atoms with Gasteiger partial charge in [0.2, 0.25) is 5.91 Å². The van der Waals surface area contributed by atoms with Crippen molar-refractivity contribution in [1.29, 1.82) is 0 Å². The predicted octanol–water partition coefficient (Wildman–Crippen LogP) is 2.75. The molecule has 104 valence electrons. The van der Waals surface area contributed by atoms with Crippen molar-refractivity contribution in [3.8, 4) is 0 Å². The second kappa shape index (κ2) is 6.57. The quantitative estimate of drug-likeness (QED) is 0.782. The zero-order valence-corrected chi connectivity index (χ0v) is 11.4. The van der Waals surface area contributed by atoms with Crippen molar-refractivity contribution in [3.63, 3.8) is 0 Å². The van der Waals surface area contributed by atoms with Crippen molar-refractivity contribution >= 4 is 17.3 Å². The average Bonchev–Trinajstić information content (AvgIpc) is 2.42. The molecule has 4 heteroatoms. The van der Waals surface area contributed by atoms with Crippen LogP contribution in [0.1, 0.15) is 39.0 Å². The Morgan fingerprint density at radius 3 is 2.63 bits per heavy atom. The Labute approximate surface area is 114 Å². The first-order valence-corrected chi connectivity index (χ1v) is 7.02. The second-order valence-corrected chi connectivity index (χ2v) is 5.13. The van der Waals surface area contributed by atoms with Gasteiger partial charge in [0.25, 0.3) is 0 Å². The highest BCUT2D eigenvalue weighted by molar-refractivity contribution is 5.90. The molecule has 2 rings (SSSR count). The fourth-order valence-corrected chi connectivity index (χ4v) is 2.39. The van der Waals surface area contributed by atoms with Crippen molar-refractivity contribution in [2.45, 2.75) is 51.2 Å². The maximum atomic E-state index is 11.4. The molecule has 0 heterocycles. The van der Waals surface area contributed by atoms with E-state index < -0.39 is 0 Å². The Morgan fingerprint density at radius 2 is 1.95 bits per heavy atom. The largest absolute Gasteiger partial charge is 0.393 e. The number of carbonyl (C=O) groups excluding carboxylic acids is 1. The fraction of sp³-hybridized carbons (Fsp3) is 0.533. The molecule has 1 aromatic carbocycles. The summed E-state index contributed by atoms with van der Waals surface area (Å²) in [6.45, 7) is 1.84. The van der Waals surface area contributed by atoms with E-state index in [1.807, 2.05) is 31.2 Å². The van der Waals surface area contributed by atoms with Crippen molar-refractivity contribution in [2.24, 2.45) is 0 Å². The Hall–Kier alpha value is -1.55. The first kappa shape index (κ1) is 13.9. The Balaban J connectivity index is 1.93. The van der Waals surface area contributed by atoms with Gasteiger partial charge >= 0.3 is 0 Å². The molecule has 1 amide bonds. The molecule has 0 spiro atoms. The van der Waals surface area contributed by atoms with E-state index >= 15 is 0 Å². The van der Waals surface area contributed by atoms with Gasteiger partial charge in [-0.25, -0.2) is 0 Å². The van der Waals surface area contributed by atoms with Gasteiger partial charge in [-0.05, 0) is 43.9 Å². The topological polar surface area (TPSA) is 61.4 Å². The van der Waals surface area contributed by atoms with Crippen LogP contribution in [0.5, 0.6) is 0 Å². The summed E-state index contributed by atoms with van der Waals surface area (Å²) >= 11 is 0. The molecule has 0 atom stereocenters. The van der Waals surface area contributed by atoms with Crippen LogP contribution >= 0.6 is 0 Å². The SMILES string of the molecule is CCC(=O)Nc1cccc(NC2CCC(O)CC2)c1. The van der Waals surface area contributed by atoms with E-state index in [4.69, 9.17) is 0 Å². The van der Waals surface area contributed by atoms with Gasteiger partial charge in [0.1, 0.15) is 0 Å². The maximum Gasteiger partial charge on any atom is 0.224 e. The van der Waals surface area contributed by atoms with Crippen LogP contribution in [0.4, 0.5) is 11.4 Å². The normalized spacial score (nSPS) is 22.8. The van der Waals surface area contributed by atoms with Gasteiger partial charge in [0, 0.05) is 23.8 Å². The highest BCUT2D eigenvalue weighted by Crippen LogP contribution is 2.23. The summed E-state index contributed by atoms with van der Waals surface area (Å²) in [7, 11) is 0. The van der Waals surface area contributed by atoms with Crippen molar-refractivity contribution in [2.75, 3.05) is 10.6 Å². The maximum absolute atomic E-state index is 11.4.